The van der Waals surface area contributed by atoms with E-state index >= 15 is 0 Å². The number of fused-ring (bicyclic) bond motifs is 1. The van der Waals surface area contributed by atoms with E-state index in [0.717, 1.165) is 0 Å². The Balaban J connectivity index is 1.49. The van der Waals surface area contributed by atoms with Crippen LogP contribution in [0.25, 0.3) is 0 Å². The van der Waals surface area contributed by atoms with E-state index in [1.807, 2.05) is 25.1 Å². The lowest BCUT2D eigenvalue weighted by molar-refractivity contribution is -0.146. The number of hydrogen-bond donors (Lipinski definition) is 3. The number of carbonyl (C=O) groups is 3. The molecule has 3 aliphatic rings. The minimum atomic E-state index is -1.16. The Bertz CT molecular complexity index is 1170. The van der Waals surface area contributed by atoms with Gasteiger partial charge in [0.25, 0.3) is 0 Å². The van der Waals surface area contributed by atoms with Gasteiger partial charge in [0.1, 0.15) is 17.4 Å². The second-order valence-corrected chi connectivity index (χ2v) is 10.1. The number of para-hydroxylation sites is 1. The molecule has 1 spiro atoms. The van der Waals surface area contributed by atoms with E-state index in [9.17, 15) is 19.5 Å². The summed E-state index contributed by atoms with van der Waals surface area (Å²) in [5, 5.41) is 15.8. The quantitative estimate of drug-likeness (QED) is 0.545. The third-order valence-corrected chi connectivity index (χ3v) is 7.88. The first-order valence-electron chi connectivity index (χ1n) is 12.2. The van der Waals surface area contributed by atoms with E-state index < -0.39 is 41.0 Å². The van der Waals surface area contributed by atoms with Gasteiger partial charge in [0.2, 0.25) is 17.7 Å². The maximum absolute atomic E-state index is 13.9. The van der Waals surface area contributed by atoms with Crippen molar-refractivity contribution >= 4 is 29.1 Å². The molecule has 2 unspecified atom stereocenters. The summed E-state index contributed by atoms with van der Waals surface area (Å²) in [6.45, 7) is 3.22. The summed E-state index contributed by atoms with van der Waals surface area (Å²) >= 11 is 0. The predicted molar refractivity (Wildman–Crippen MR) is 132 cm³/mol. The summed E-state index contributed by atoms with van der Waals surface area (Å²) in [5.74, 6) is -2.02. The Morgan fingerprint density at radius 2 is 1.72 bits per heavy atom. The molecule has 2 aromatic rings. The average Bonchev–Trinajstić information content (AvgIpc) is 3.45. The van der Waals surface area contributed by atoms with Gasteiger partial charge in [-0.3, -0.25) is 14.4 Å². The molecule has 190 valence electrons. The van der Waals surface area contributed by atoms with Gasteiger partial charge in [-0.15, -0.1) is 0 Å². The zero-order valence-corrected chi connectivity index (χ0v) is 20.6. The first kappa shape index (κ1) is 24.3. The summed E-state index contributed by atoms with van der Waals surface area (Å²) in [6, 6.07) is 14.3. The van der Waals surface area contributed by atoms with Crippen molar-refractivity contribution in [3.8, 4) is 5.75 Å². The van der Waals surface area contributed by atoms with Crippen LogP contribution in [0, 0.1) is 11.8 Å². The molecule has 0 radical (unpaired) electrons. The fourth-order valence-electron chi connectivity index (χ4n) is 6.25. The van der Waals surface area contributed by atoms with Gasteiger partial charge in [0.05, 0.1) is 37.2 Å². The largest absolute Gasteiger partial charge is 0.497 e. The Kier molecular flexibility index (Phi) is 6.00. The second-order valence-electron chi connectivity index (χ2n) is 10.1. The van der Waals surface area contributed by atoms with Crippen LogP contribution in [-0.2, 0) is 19.1 Å². The molecule has 3 aliphatic heterocycles. The number of benzene rings is 2. The average molecular weight is 494 g/mol. The van der Waals surface area contributed by atoms with Crippen LogP contribution in [0.1, 0.15) is 26.7 Å². The Morgan fingerprint density at radius 1 is 1.08 bits per heavy atom. The minimum absolute atomic E-state index is 0.309. The topological polar surface area (TPSA) is 117 Å². The standard InChI is InChI=1S/C27H31N3O6/c1-16(15-31)30-22(24(33)29-18-9-11-19(35-3)12-10-18)27-14-13-26(2,36-27)20(21(27)25(30)34)23(32)28-17-7-5-4-6-8-17/h4-12,16,20-22,31H,13-15H2,1-3H3,(H,28,32)(H,29,33)/t16-,20-,21+,22?,26+,27?/m1/s1. The smallest absolute Gasteiger partial charge is 0.250 e. The maximum Gasteiger partial charge on any atom is 0.250 e. The first-order chi connectivity index (χ1) is 17.2. The van der Waals surface area contributed by atoms with E-state index in [4.69, 9.17) is 9.47 Å². The second kappa shape index (κ2) is 8.90. The van der Waals surface area contributed by atoms with Crippen molar-refractivity contribution in [1.29, 1.82) is 0 Å². The number of nitrogens with one attached hydrogen (secondary N) is 2. The first-order valence-corrected chi connectivity index (χ1v) is 12.2. The van der Waals surface area contributed by atoms with Gasteiger partial charge in [-0.25, -0.2) is 0 Å². The fourth-order valence-corrected chi connectivity index (χ4v) is 6.25. The Morgan fingerprint density at radius 3 is 2.36 bits per heavy atom. The van der Waals surface area contributed by atoms with Gasteiger partial charge in [0.15, 0.2) is 0 Å². The summed E-state index contributed by atoms with van der Waals surface area (Å²) in [7, 11) is 1.56. The van der Waals surface area contributed by atoms with Crippen LogP contribution >= 0.6 is 0 Å². The molecular weight excluding hydrogens is 462 g/mol. The van der Waals surface area contributed by atoms with Crippen LogP contribution in [-0.4, -0.2) is 64.7 Å². The molecule has 3 amide bonds. The molecule has 9 heteroatoms. The molecule has 36 heavy (non-hydrogen) atoms. The third-order valence-electron chi connectivity index (χ3n) is 7.88. The Hall–Kier alpha value is -3.43. The molecular formula is C27H31N3O6. The van der Waals surface area contributed by atoms with Crippen LogP contribution in [0.15, 0.2) is 54.6 Å². The zero-order valence-electron chi connectivity index (χ0n) is 20.6. The van der Waals surface area contributed by atoms with E-state index in [1.165, 1.54) is 4.90 Å². The predicted octanol–water partition coefficient (Wildman–Crippen LogP) is 2.42. The molecule has 0 aromatic heterocycles. The van der Waals surface area contributed by atoms with E-state index in [2.05, 4.69) is 10.6 Å². The number of hydrogen-bond acceptors (Lipinski definition) is 6. The fraction of sp³-hybridized carbons (Fsp3) is 0.444. The van der Waals surface area contributed by atoms with Crippen molar-refractivity contribution in [3.05, 3.63) is 54.6 Å². The Labute approximate surface area is 209 Å². The monoisotopic (exact) mass is 493 g/mol. The van der Waals surface area contributed by atoms with Crippen LogP contribution in [0.5, 0.6) is 5.75 Å². The number of anilines is 2. The van der Waals surface area contributed by atoms with Crippen molar-refractivity contribution in [2.75, 3.05) is 24.4 Å². The summed E-state index contributed by atoms with van der Waals surface area (Å²) < 4.78 is 11.7. The normalized spacial score (nSPS) is 31.2. The molecule has 0 aliphatic carbocycles. The van der Waals surface area contributed by atoms with Crippen molar-refractivity contribution in [3.63, 3.8) is 0 Å². The van der Waals surface area contributed by atoms with Crippen LogP contribution in [0.4, 0.5) is 11.4 Å². The summed E-state index contributed by atoms with van der Waals surface area (Å²) in [5.41, 5.74) is -0.874. The minimum Gasteiger partial charge on any atom is -0.497 e. The van der Waals surface area contributed by atoms with Crippen molar-refractivity contribution in [1.82, 2.24) is 4.90 Å². The van der Waals surface area contributed by atoms with Crippen molar-refractivity contribution in [2.24, 2.45) is 11.8 Å². The third kappa shape index (κ3) is 3.65. The molecule has 2 bridgehead atoms. The van der Waals surface area contributed by atoms with Crippen molar-refractivity contribution in [2.45, 2.75) is 50.0 Å². The number of carbonyl (C=O) groups excluding carboxylic acids is 3. The molecule has 3 fully saturated rings. The van der Waals surface area contributed by atoms with Crippen LogP contribution < -0.4 is 15.4 Å². The van der Waals surface area contributed by atoms with Crippen LogP contribution in [0.3, 0.4) is 0 Å². The molecule has 5 rings (SSSR count). The molecule has 3 heterocycles. The lowest BCUT2D eigenvalue weighted by Gasteiger charge is -2.35. The number of ether oxygens (including phenoxy) is 2. The number of aliphatic hydroxyl groups is 1. The number of rotatable bonds is 7. The highest BCUT2D eigenvalue weighted by Crippen LogP contribution is 2.63. The highest BCUT2D eigenvalue weighted by molar-refractivity contribution is 6.05. The zero-order chi connectivity index (χ0) is 25.7. The van der Waals surface area contributed by atoms with Gasteiger partial charge in [-0.05, 0) is 63.1 Å². The van der Waals surface area contributed by atoms with Gasteiger partial charge in [-0.1, -0.05) is 18.2 Å². The summed E-state index contributed by atoms with van der Waals surface area (Å²) in [4.78, 5) is 42.6. The van der Waals surface area contributed by atoms with E-state index in [-0.39, 0.29) is 18.4 Å². The lowest BCUT2D eigenvalue weighted by atomic mass is 9.66. The highest BCUT2D eigenvalue weighted by atomic mass is 16.5. The number of methoxy groups -OCH3 is 1. The van der Waals surface area contributed by atoms with Gasteiger partial charge in [0, 0.05) is 11.4 Å². The molecule has 3 saturated heterocycles. The molecule has 0 saturated carbocycles. The highest BCUT2D eigenvalue weighted by Gasteiger charge is 2.78. The van der Waals surface area contributed by atoms with Crippen molar-refractivity contribution < 1.29 is 29.0 Å². The molecule has 2 aromatic carbocycles. The van der Waals surface area contributed by atoms with Crippen LogP contribution in [0.2, 0.25) is 0 Å². The van der Waals surface area contributed by atoms with Gasteiger partial charge in [-0.2, -0.15) is 0 Å². The lowest BCUT2D eigenvalue weighted by Crippen LogP contribution is -2.55. The number of aliphatic hydroxyl groups excluding tert-OH is 1. The van der Waals surface area contributed by atoms with E-state index in [0.29, 0.717) is 30.0 Å². The van der Waals surface area contributed by atoms with E-state index in [1.54, 1.807) is 50.4 Å². The van der Waals surface area contributed by atoms with Gasteiger partial charge < -0.3 is 30.1 Å². The molecule has 3 N–H and O–H groups in total. The molecule has 9 nitrogen and oxygen atoms in total. The number of nitrogens with zero attached hydrogens (tertiary/aromatic N) is 1. The maximum atomic E-state index is 13.9. The van der Waals surface area contributed by atoms with Gasteiger partial charge >= 0.3 is 0 Å². The molecule has 6 atom stereocenters. The number of amides is 3. The summed E-state index contributed by atoms with van der Waals surface area (Å²) in [6.07, 6.45) is 1.00. The SMILES string of the molecule is COc1ccc(NC(=O)C2N([C@H](C)CO)C(=O)[C@@H]3[C@H](C(=O)Nc4ccccc4)[C@]4(C)CCC23O4)cc1. The number of likely N-dealkylation sites (tertiary alicyclic amines) is 1.